The molecule has 0 spiro atoms. The van der Waals surface area contributed by atoms with E-state index in [1.165, 1.54) is 18.2 Å². The summed E-state index contributed by atoms with van der Waals surface area (Å²) in [6, 6.07) is 17.8. The van der Waals surface area contributed by atoms with Crippen LogP contribution >= 0.6 is 35.0 Å². The topological polar surface area (TPSA) is 37.6 Å². The van der Waals surface area contributed by atoms with Crippen molar-refractivity contribution in [3.8, 4) is 5.69 Å². The average molecular weight is 525 g/mol. The molecule has 35 heavy (non-hydrogen) atoms. The molecule has 0 N–H and O–H groups in total. The molecule has 1 saturated heterocycles. The first-order valence-electron chi connectivity index (χ1n) is 11.9. The molecule has 7 heteroatoms. The fraction of sp³-hybridized carbons (Fsp3) is 0.286. The minimum atomic E-state index is 0.0518. The normalized spacial score (nSPS) is 19.3. The van der Waals surface area contributed by atoms with Crippen LogP contribution in [0.25, 0.3) is 11.8 Å². The second-order valence-electron chi connectivity index (χ2n) is 9.07. The highest BCUT2D eigenvalue weighted by Gasteiger charge is 2.38. The molecule has 180 valence electrons. The number of nitrogens with zero attached hydrogens (tertiary/aromatic N) is 3. The SMILES string of the molecule is Cc1cc(/C=C2\SC(=Nc3ccccc3)N(C3CCCCC3)C2=O)c(C)n1-c1ccc(Cl)c(Cl)c1. The van der Waals surface area contributed by atoms with E-state index in [1.807, 2.05) is 53.4 Å². The lowest BCUT2D eigenvalue weighted by Crippen LogP contribution is -2.40. The van der Waals surface area contributed by atoms with Crippen molar-refractivity contribution in [2.45, 2.75) is 52.0 Å². The summed E-state index contributed by atoms with van der Waals surface area (Å²) in [6.07, 6.45) is 7.61. The van der Waals surface area contributed by atoms with E-state index >= 15 is 0 Å². The molecule has 3 aromatic rings. The molecule has 2 heterocycles. The van der Waals surface area contributed by atoms with Crippen molar-refractivity contribution < 1.29 is 4.79 Å². The third kappa shape index (κ3) is 4.95. The molecular weight excluding hydrogens is 497 g/mol. The van der Waals surface area contributed by atoms with Crippen LogP contribution in [0.2, 0.25) is 10.0 Å². The van der Waals surface area contributed by atoms with Gasteiger partial charge in [-0.05, 0) is 86.5 Å². The van der Waals surface area contributed by atoms with Crippen LogP contribution in [-0.4, -0.2) is 26.6 Å². The molecular formula is C28H27Cl2N3OS. The van der Waals surface area contributed by atoms with Crippen LogP contribution in [0.1, 0.15) is 49.1 Å². The number of aromatic nitrogens is 1. The lowest BCUT2D eigenvalue weighted by atomic mass is 9.94. The summed E-state index contributed by atoms with van der Waals surface area (Å²) >= 11 is 13.9. The van der Waals surface area contributed by atoms with Crippen LogP contribution in [-0.2, 0) is 4.79 Å². The highest BCUT2D eigenvalue weighted by atomic mass is 35.5. The quantitative estimate of drug-likeness (QED) is 0.322. The van der Waals surface area contributed by atoms with E-state index in [0.29, 0.717) is 15.0 Å². The van der Waals surface area contributed by atoms with Crippen LogP contribution in [0.3, 0.4) is 0 Å². The van der Waals surface area contributed by atoms with Gasteiger partial charge in [0, 0.05) is 23.1 Å². The Morgan fingerprint density at radius 2 is 1.71 bits per heavy atom. The number of aliphatic imine (C=N–C) groups is 1. The number of carbonyl (C=O) groups excluding carboxylic acids is 1. The van der Waals surface area contributed by atoms with Gasteiger partial charge in [0.05, 0.1) is 20.6 Å². The van der Waals surface area contributed by atoms with Crippen LogP contribution < -0.4 is 0 Å². The first-order valence-corrected chi connectivity index (χ1v) is 13.5. The summed E-state index contributed by atoms with van der Waals surface area (Å²) in [5.41, 5.74) is 4.92. The Hall–Kier alpha value is -2.47. The van der Waals surface area contributed by atoms with E-state index in [4.69, 9.17) is 28.2 Å². The average Bonchev–Trinajstić information content (AvgIpc) is 3.31. The number of carbonyl (C=O) groups is 1. The minimum Gasteiger partial charge on any atom is -0.318 e. The maximum Gasteiger partial charge on any atom is 0.267 e. The summed E-state index contributed by atoms with van der Waals surface area (Å²) in [7, 11) is 0. The van der Waals surface area contributed by atoms with Gasteiger partial charge in [0.25, 0.3) is 5.91 Å². The fourth-order valence-corrected chi connectivity index (χ4v) is 6.28. The molecule has 1 aromatic heterocycles. The van der Waals surface area contributed by atoms with Crippen molar-refractivity contribution in [3.05, 3.63) is 86.5 Å². The highest BCUT2D eigenvalue weighted by molar-refractivity contribution is 8.18. The molecule has 5 rings (SSSR count). The van der Waals surface area contributed by atoms with Gasteiger partial charge in [0.15, 0.2) is 5.17 Å². The maximum absolute atomic E-state index is 13.7. The van der Waals surface area contributed by atoms with E-state index in [1.54, 1.807) is 6.07 Å². The number of para-hydroxylation sites is 1. The van der Waals surface area contributed by atoms with Gasteiger partial charge >= 0.3 is 0 Å². The van der Waals surface area contributed by atoms with Crippen molar-refractivity contribution in [1.29, 1.82) is 0 Å². The molecule has 2 aliphatic rings. The summed E-state index contributed by atoms with van der Waals surface area (Å²) in [6.45, 7) is 4.11. The Morgan fingerprint density at radius 1 is 0.971 bits per heavy atom. The minimum absolute atomic E-state index is 0.0518. The van der Waals surface area contributed by atoms with Gasteiger partial charge in [0.1, 0.15) is 0 Å². The molecule has 2 aromatic carbocycles. The molecule has 4 nitrogen and oxygen atoms in total. The van der Waals surface area contributed by atoms with Crippen molar-refractivity contribution in [1.82, 2.24) is 9.47 Å². The first-order chi connectivity index (χ1) is 16.9. The van der Waals surface area contributed by atoms with E-state index < -0.39 is 0 Å². The van der Waals surface area contributed by atoms with Gasteiger partial charge in [-0.15, -0.1) is 0 Å². The Labute approximate surface area is 220 Å². The third-order valence-corrected chi connectivity index (χ3v) is 8.40. The van der Waals surface area contributed by atoms with Crippen molar-refractivity contribution >= 4 is 57.8 Å². The molecule has 1 saturated carbocycles. The summed E-state index contributed by atoms with van der Waals surface area (Å²) in [5.74, 6) is 0.0518. The van der Waals surface area contributed by atoms with Gasteiger partial charge in [-0.25, -0.2) is 4.99 Å². The predicted molar refractivity (Wildman–Crippen MR) is 148 cm³/mol. The van der Waals surface area contributed by atoms with Gasteiger partial charge in [0.2, 0.25) is 0 Å². The van der Waals surface area contributed by atoms with Crippen LogP contribution in [0.5, 0.6) is 0 Å². The lowest BCUT2D eigenvalue weighted by Gasteiger charge is -2.30. The lowest BCUT2D eigenvalue weighted by molar-refractivity contribution is -0.124. The standard InChI is InChI=1S/C28H27Cl2N3OS/c1-18-15-20(19(2)32(18)23-13-14-24(29)25(30)17-23)16-26-27(34)33(22-11-7-4-8-12-22)28(35-26)31-21-9-5-3-6-10-21/h3,5-6,9-10,13-17,22H,4,7-8,11-12H2,1-2H3/b26-16-,31-28?. The molecule has 1 amide bonds. The number of thioether (sulfide) groups is 1. The van der Waals surface area contributed by atoms with E-state index in [0.717, 1.165) is 59.2 Å². The Kier molecular flexibility index (Phi) is 7.10. The van der Waals surface area contributed by atoms with Gasteiger partial charge < -0.3 is 4.57 Å². The number of amidine groups is 1. The van der Waals surface area contributed by atoms with Crippen molar-refractivity contribution in [2.24, 2.45) is 4.99 Å². The van der Waals surface area contributed by atoms with Crippen molar-refractivity contribution in [2.75, 3.05) is 0 Å². The maximum atomic E-state index is 13.7. The molecule has 0 radical (unpaired) electrons. The Balaban J connectivity index is 1.52. The molecule has 0 bridgehead atoms. The van der Waals surface area contributed by atoms with E-state index in [9.17, 15) is 4.79 Å². The number of benzene rings is 2. The first kappa shape index (κ1) is 24.2. The molecule has 0 unspecified atom stereocenters. The zero-order chi connectivity index (χ0) is 24.5. The molecule has 0 atom stereocenters. The monoisotopic (exact) mass is 523 g/mol. The summed E-state index contributed by atoms with van der Waals surface area (Å²) in [5, 5.41) is 1.82. The second kappa shape index (κ2) is 10.3. The van der Waals surface area contributed by atoms with Crippen LogP contribution in [0.15, 0.2) is 64.5 Å². The van der Waals surface area contributed by atoms with Gasteiger partial charge in [-0.2, -0.15) is 0 Å². The Morgan fingerprint density at radius 3 is 2.43 bits per heavy atom. The van der Waals surface area contributed by atoms with Crippen LogP contribution in [0, 0.1) is 13.8 Å². The van der Waals surface area contributed by atoms with Crippen LogP contribution in [0.4, 0.5) is 5.69 Å². The fourth-order valence-electron chi connectivity index (χ4n) is 4.94. The van der Waals surface area contributed by atoms with Gasteiger partial charge in [-0.3, -0.25) is 9.69 Å². The number of aryl methyl sites for hydroxylation is 1. The number of hydrogen-bond donors (Lipinski definition) is 0. The number of amides is 1. The third-order valence-electron chi connectivity index (χ3n) is 6.68. The number of halogens is 2. The summed E-state index contributed by atoms with van der Waals surface area (Å²) < 4.78 is 2.14. The largest absolute Gasteiger partial charge is 0.318 e. The zero-order valence-corrected chi connectivity index (χ0v) is 22.1. The second-order valence-corrected chi connectivity index (χ2v) is 10.9. The zero-order valence-electron chi connectivity index (χ0n) is 19.8. The molecule has 1 aliphatic carbocycles. The van der Waals surface area contributed by atoms with Gasteiger partial charge in [-0.1, -0.05) is 60.7 Å². The molecule has 1 aliphatic heterocycles. The highest BCUT2D eigenvalue weighted by Crippen LogP contribution is 2.39. The van der Waals surface area contributed by atoms with Crippen molar-refractivity contribution in [3.63, 3.8) is 0 Å². The Bertz CT molecular complexity index is 1320. The smallest absolute Gasteiger partial charge is 0.267 e. The van der Waals surface area contributed by atoms with E-state index in [-0.39, 0.29) is 11.9 Å². The summed E-state index contributed by atoms with van der Waals surface area (Å²) in [4.78, 5) is 21.2. The molecule has 2 fully saturated rings. The van der Waals surface area contributed by atoms with E-state index in [2.05, 4.69) is 24.5 Å². The number of rotatable bonds is 4. The predicted octanol–water partition coefficient (Wildman–Crippen LogP) is 8.34. The number of hydrogen-bond acceptors (Lipinski definition) is 3.